The van der Waals surface area contributed by atoms with Crippen molar-refractivity contribution in [1.82, 2.24) is 10.2 Å². The van der Waals surface area contributed by atoms with E-state index in [1.54, 1.807) is 0 Å². The third kappa shape index (κ3) is 4.36. The molecule has 2 unspecified atom stereocenters. The summed E-state index contributed by atoms with van der Waals surface area (Å²) in [5.74, 6) is -0.947. The van der Waals surface area contributed by atoms with Crippen LogP contribution in [0.3, 0.4) is 0 Å². The molecule has 1 N–H and O–H groups in total. The number of piperidine rings is 2. The first kappa shape index (κ1) is 15.6. The molecule has 2 saturated heterocycles. The van der Waals surface area contributed by atoms with Crippen LogP contribution in [0.4, 0.5) is 13.2 Å². The van der Waals surface area contributed by atoms with E-state index in [1.807, 2.05) is 0 Å². The van der Waals surface area contributed by atoms with Crippen molar-refractivity contribution >= 4 is 5.91 Å². The lowest BCUT2D eigenvalue weighted by Crippen LogP contribution is -2.44. The fraction of sp³-hybridized carbons (Fsp3) is 0.929. The molecule has 0 bridgehead atoms. The van der Waals surface area contributed by atoms with Gasteiger partial charge in [-0.2, -0.15) is 13.2 Å². The molecule has 2 aliphatic heterocycles. The Hall–Kier alpha value is -0.780. The third-order valence-corrected chi connectivity index (χ3v) is 4.40. The summed E-state index contributed by atoms with van der Waals surface area (Å²) >= 11 is 0. The van der Waals surface area contributed by atoms with Crippen LogP contribution in [0.15, 0.2) is 0 Å². The van der Waals surface area contributed by atoms with E-state index in [0.717, 1.165) is 32.4 Å². The van der Waals surface area contributed by atoms with Gasteiger partial charge in [-0.3, -0.25) is 4.79 Å². The average Bonchev–Trinajstić information content (AvgIpc) is 2.45. The first-order valence-corrected chi connectivity index (χ1v) is 7.52. The molecule has 6 heteroatoms. The van der Waals surface area contributed by atoms with E-state index in [4.69, 9.17) is 0 Å². The maximum Gasteiger partial charge on any atom is 0.393 e. The molecule has 0 aliphatic carbocycles. The summed E-state index contributed by atoms with van der Waals surface area (Å²) < 4.78 is 38.1. The van der Waals surface area contributed by atoms with Gasteiger partial charge in [-0.05, 0) is 51.1 Å². The van der Waals surface area contributed by atoms with Crippen LogP contribution in [0, 0.1) is 11.8 Å². The highest BCUT2D eigenvalue weighted by atomic mass is 19.4. The zero-order valence-electron chi connectivity index (χ0n) is 11.7. The number of amides is 1. The third-order valence-electron chi connectivity index (χ3n) is 4.40. The van der Waals surface area contributed by atoms with Gasteiger partial charge in [0, 0.05) is 19.5 Å². The van der Waals surface area contributed by atoms with Crippen LogP contribution in [-0.2, 0) is 4.79 Å². The molecule has 0 aromatic rings. The first-order chi connectivity index (χ1) is 9.47. The molecular weight excluding hydrogens is 269 g/mol. The van der Waals surface area contributed by atoms with Crippen LogP contribution in [0.2, 0.25) is 0 Å². The first-order valence-electron chi connectivity index (χ1n) is 7.52. The Labute approximate surface area is 117 Å². The molecule has 20 heavy (non-hydrogen) atoms. The molecule has 0 aromatic carbocycles. The minimum absolute atomic E-state index is 0.107. The second-order valence-corrected chi connectivity index (χ2v) is 5.97. The molecule has 2 heterocycles. The van der Waals surface area contributed by atoms with Gasteiger partial charge in [0.1, 0.15) is 0 Å². The Kier molecular flexibility index (Phi) is 5.29. The lowest BCUT2D eigenvalue weighted by molar-refractivity contribution is -0.188. The van der Waals surface area contributed by atoms with E-state index in [1.165, 1.54) is 4.90 Å². The fourth-order valence-corrected chi connectivity index (χ4v) is 3.13. The van der Waals surface area contributed by atoms with E-state index < -0.39 is 12.1 Å². The van der Waals surface area contributed by atoms with Gasteiger partial charge in [-0.15, -0.1) is 0 Å². The highest BCUT2D eigenvalue weighted by molar-refractivity contribution is 5.76. The van der Waals surface area contributed by atoms with Gasteiger partial charge in [0.2, 0.25) is 5.91 Å². The van der Waals surface area contributed by atoms with Crippen molar-refractivity contribution in [2.75, 3.05) is 26.2 Å². The van der Waals surface area contributed by atoms with E-state index in [9.17, 15) is 18.0 Å². The largest absolute Gasteiger partial charge is 0.393 e. The van der Waals surface area contributed by atoms with Gasteiger partial charge in [0.05, 0.1) is 5.92 Å². The average molecular weight is 292 g/mol. The van der Waals surface area contributed by atoms with Crippen molar-refractivity contribution in [3.05, 3.63) is 0 Å². The number of hydrogen-bond acceptors (Lipinski definition) is 2. The predicted octanol–water partition coefficient (Wildman–Crippen LogP) is 2.57. The summed E-state index contributed by atoms with van der Waals surface area (Å²) in [5, 5.41) is 3.29. The van der Waals surface area contributed by atoms with Gasteiger partial charge in [0.15, 0.2) is 0 Å². The maximum atomic E-state index is 12.7. The number of halogens is 3. The molecule has 0 radical (unpaired) electrons. The highest BCUT2D eigenvalue weighted by Gasteiger charge is 2.42. The number of nitrogens with zero attached hydrogens (tertiary/aromatic N) is 1. The standard InChI is InChI=1S/C14H23F3N2O/c15-14(16,17)12-4-2-8-19(10-12)13(20)6-5-11-3-1-7-18-9-11/h11-12,18H,1-10H2. The molecule has 2 rings (SSSR count). The number of likely N-dealkylation sites (tertiary alicyclic amines) is 1. The summed E-state index contributed by atoms with van der Waals surface area (Å²) in [5.41, 5.74) is 0. The van der Waals surface area contributed by atoms with Crippen molar-refractivity contribution in [3.8, 4) is 0 Å². The lowest BCUT2D eigenvalue weighted by Gasteiger charge is -2.34. The van der Waals surface area contributed by atoms with Crippen LogP contribution in [0.1, 0.15) is 38.5 Å². The van der Waals surface area contributed by atoms with Gasteiger partial charge in [-0.1, -0.05) is 0 Å². The molecule has 3 nitrogen and oxygen atoms in total. The van der Waals surface area contributed by atoms with Gasteiger partial charge in [0.25, 0.3) is 0 Å². The van der Waals surface area contributed by atoms with E-state index in [2.05, 4.69) is 5.32 Å². The molecule has 0 spiro atoms. The van der Waals surface area contributed by atoms with Crippen LogP contribution in [-0.4, -0.2) is 43.2 Å². The topological polar surface area (TPSA) is 32.3 Å². The van der Waals surface area contributed by atoms with Crippen molar-refractivity contribution in [2.24, 2.45) is 11.8 Å². The molecule has 2 atom stereocenters. The number of carbonyl (C=O) groups excluding carboxylic acids is 1. The predicted molar refractivity (Wildman–Crippen MR) is 70.2 cm³/mol. The number of hydrogen-bond donors (Lipinski definition) is 1. The summed E-state index contributed by atoms with van der Waals surface area (Å²) in [6.07, 6.45) is -0.146. The monoisotopic (exact) mass is 292 g/mol. The molecule has 2 aliphatic rings. The minimum Gasteiger partial charge on any atom is -0.342 e. The Morgan fingerprint density at radius 3 is 2.70 bits per heavy atom. The van der Waals surface area contributed by atoms with Crippen LogP contribution < -0.4 is 5.32 Å². The molecule has 0 aromatic heterocycles. The van der Waals surface area contributed by atoms with Crippen LogP contribution in [0.25, 0.3) is 0 Å². The molecule has 2 fully saturated rings. The zero-order chi connectivity index (χ0) is 14.6. The molecule has 116 valence electrons. The van der Waals surface area contributed by atoms with Crippen LogP contribution >= 0.6 is 0 Å². The van der Waals surface area contributed by atoms with Crippen molar-refractivity contribution in [1.29, 1.82) is 0 Å². The number of carbonyl (C=O) groups is 1. The molecule has 1 amide bonds. The van der Waals surface area contributed by atoms with E-state index >= 15 is 0 Å². The normalized spacial score (nSPS) is 28.4. The Morgan fingerprint density at radius 1 is 1.25 bits per heavy atom. The lowest BCUT2D eigenvalue weighted by atomic mass is 9.93. The number of rotatable bonds is 3. The van der Waals surface area contributed by atoms with Crippen molar-refractivity contribution < 1.29 is 18.0 Å². The van der Waals surface area contributed by atoms with Gasteiger partial charge < -0.3 is 10.2 Å². The number of alkyl halides is 3. The van der Waals surface area contributed by atoms with Gasteiger partial charge in [-0.25, -0.2) is 0 Å². The van der Waals surface area contributed by atoms with Crippen molar-refractivity contribution in [2.45, 2.75) is 44.7 Å². The van der Waals surface area contributed by atoms with E-state index in [-0.39, 0.29) is 18.9 Å². The Balaban J connectivity index is 1.76. The second kappa shape index (κ2) is 6.78. The summed E-state index contributed by atoms with van der Waals surface area (Å²) in [4.78, 5) is 13.5. The summed E-state index contributed by atoms with van der Waals surface area (Å²) in [6.45, 7) is 2.29. The molecule has 0 saturated carbocycles. The quantitative estimate of drug-likeness (QED) is 0.867. The highest BCUT2D eigenvalue weighted by Crippen LogP contribution is 2.33. The smallest absolute Gasteiger partial charge is 0.342 e. The Morgan fingerprint density at radius 2 is 2.05 bits per heavy atom. The Bertz CT molecular complexity index is 327. The maximum absolute atomic E-state index is 12.7. The number of nitrogens with one attached hydrogen (secondary N) is 1. The van der Waals surface area contributed by atoms with E-state index in [0.29, 0.717) is 25.3 Å². The van der Waals surface area contributed by atoms with Crippen molar-refractivity contribution in [3.63, 3.8) is 0 Å². The minimum atomic E-state index is -4.17. The fourth-order valence-electron chi connectivity index (χ4n) is 3.13. The molecular formula is C14H23F3N2O. The van der Waals surface area contributed by atoms with Crippen LogP contribution in [0.5, 0.6) is 0 Å². The summed E-state index contributed by atoms with van der Waals surface area (Å²) in [6, 6.07) is 0. The van der Waals surface area contributed by atoms with Gasteiger partial charge >= 0.3 is 6.18 Å². The zero-order valence-corrected chi connectivity index (χ0v) is 11.7. The second-order valence-electron chi connectivity index (χ2n) is 5.97. The SMILES string of the molecule is O=C(CCC1CCCNC1)N1CCCC(C(F)(F)F)C1. The summed E-state index contributed by atoms with van der Waals surface area (Å²) in [7, 11) is 0.